The van der Waals surface area contributed by atoms with Crippen molar-refractivity contribution in [3.63, 3.8) is 0 Å². The maximum absolute atomic E-state index is 2.46. The molecule has 292 valence electrons. The average molecular weight is 787 g/mol. The second kappa shape index (κ2) is 16.8. The van der Waals surface area contributed by atoms with Gasteiger partial charge in [-0.25, -0.2) is 0 Å². The molecule has 0 saturated heterocycles. The van der Waals surface area contributed by atoms with Crippen LogP contribution in [0.3, 0.4) is 0 Å². The van der Waals surface area contributed by atoms with Crippen LogP contribution in [0, 0.1) is 6.92 Å². The monoisotopic (exact) mass is 786 g/mol. The van der Waals surface area contributed by atoms with Crippen molar-refractivity contribution in [1.29, 1.82) is 0 Å². The van der Waals surface area contributed by atoms with E-state index in [0.29, 0.717) is 14.1 Å². The molecule has 0 spiro atoms. The van der Waals surface area contributed by atoms with E-state index in [-0.39, 0.29) is 6.04 Å². The van der Waals surface area contributed by atoms with Gasteiger partial charge in [0.25, 0.3) is 0 Å². The maximum Gasteiger partial charge on any atom is 0.0698 e. The molecule has 5 heteroatoms. The highest BCUT2D eigenvalue weighted by molar-refractivity contribution is 7.36. The fraction of sp³-hybridized carbons (Fsp3) is 0.148. The Balaban J connectivity index is 1.12. The Morgan fingerprint density at radius 1 is 0.644 bits per heavy atom. The van der Waals surface area contributed by atoms with E-state index in [1.807, 2.05) is 0 Å². The van der Waals surface area contributed by atoms with E-state index in [1.54, 1.807) is 0 Å². The van der Waals surface area contributed by atoms with Crippen molar-refractivity contribution in [1.82, 2.24) is 4.57 Å². The first kappa shape index (κ1) is 38.1. The van der Waals surface area contributed by atoms with E-state index in [1.165, 1.54) is 50.1 Å². The zero-order valence-corrected chi connectivity index (χ0v) is 35.3. The van der Waals surface area contributed by atoms with Gasteiger partial charge in [0.05, 0.1) is 5.25 Å². The summed E-state index contributed by atoms with van der Waals surface area (Å²) in [5.74, 6) is 2.62. The van der Waals surface area contributed by atoms with Crippen LogP contribution < -0.4 is 14.7 Å². The van der Waals surface area contributed by atoms with Crippen LogP contribution >= 0.6 is 8.19 Å². The van der Waals surface area contributed by atoms with Gasteiger partial charge in [-0.1, -0.05) is 98.0 Å². The molecule has 3 unspecified atom stereocenters. The highest BCUT2D eigenvalue weighted by atomic mass is 31.0. The van der Waals surface area contributed by atoms with Gasteiger partial charge in [-0.15, -0.1) is 8.19 Å². The lowest BCUT2D eigenvalue weighted by Crippen LogP contribution is -2.27. The largest absolute Gasteiger partial charge is 0.337 e. The minimum absolute atomic E-state index is 0.175. The number of para-hydroxylation sites is 2. The minimum atomic E-state index is 0.175. The summed E-state index contributed by atoms with van der Waals surface area (Å²) < 4.78 is 2.45. The number of allylic oxidation sites excluding steroid dienone is 7. The predicted octanol–water partition coefficient (Wildman–Crippen LogP) is 15.0. The van der Waals surface area contributed by atoms with Crippen molar-refractivity contribution in [2.24, 2.45) is 0 Å². The van der Waals surface area contributed by atoms with Crippen molar-refractivity contribution >= 4 is 64.7 Å². The van der Waals surface area contributed by atoms with E-state index in [4.69, 9.17) is 0 Å². The third kappa shape index (κ3) is 7.42. The van der Waals surface area contributed by atoms with Crippen LogP contribution in [-0.4, -0.2) is 17.2 Å². The van der Waals surface area contributed by atoms with Crippen LogP contribution in [0.5, 0.6) is 0 Å². The summed E-state index contributed by atoms with van der Waals surface area (Å²) in [7, 11) is 0.660. The molecule has 5 aromatic carbocycles. The number of nitrogens with zero attached hydrogens (tertiary/aromatic N) is 4. The van der Waals surface area contributed by atoms with Crippen molar-refractivity contribution < 1.29 is 0 Å². The summed E-state index contributed by atoms with van der Waals surface area (Å²) in [6.45, 7) is 9.68. The number of aromatic nitrogens is 1. The topological polar surface area (TPSA) is 14.7 Å². The predicted molar refractivity (Wildman–Crippen MR) is 257 cm³/mol. The van der Waals surface area contributed by atoms with Crippen molar-refractivity contribution in [2.45, 2.75) is 46.1 Å². The molecule has 0 bridgehead atoms. The fourth-order valence-electron chi connectivity index (χ4n) is 8.78. The first-order valence-electron chi connectivity index (χ1n) is 20.8. The van der Waals surface area contributed by atoms with Gasteiger partial charge >= 0.3 is 0 Å². The van der Waals surface area contributed by atoms with Crippen LogP contribution in [0.1, 0.15) is 49.1 Å². The number of fused-ring (bicyclic) bond motifs is 3. The van der Waals surface area contributed by atoms with Crippen LogP contribution in [-0.2, 0) is 6.42 Å². The molecule has 0 radical (unpaired) electrons. The molecule has 2 aliphatic rings. The molecule has 59 heavy (non-hydrogen) atoms. The van der Waals surface area contributed by atoms with Gasteiger partial charge in [0.1, 0.15) is 0 Å². The minimum Gasteiger partial charge on any atom is -0.337 e. The zero-order valence-electron chi connectivity index (χ0n) is 34.3. The summed E-state index contributed by atoms with van der Waals surface area (Å²) >= 11 is 0. The third-order valence-corrected chi connectivity index (χ3v) is 12.9. The lowest BCUT2D eigenvalue weighted by molar-refractivity contribution is 0.860. The molecule has 9 rings (SSSR count). The van der Waals surface area contributed by atoms with Gasteiger partial charge in [-0.05, 0) is 147 Å². The van der Waals surface area contributed by atoms with Crippen molar-refractivity contribution in [3.05, 3.63) is 210 Å². The van der Waals surface area contributed by atoms with E-state index >= 15 is 0 Å². The lowest BCUT2D eigenvalue weighted by Gasteiger charge is -2.32. The molecule has 0 saturated carbocycles. The van der Waals surface area contributed by atoms with Crippen LogP contribution in [0.15, 0.2) is 188 Å². The first-order valence-corrected chi connectivity index (χ1v) is 21.9. The van der Waals surface area contributed by atoms with Gasteiger partial charge < -0.3 is 19.3 Å². The molecular weight excluding hydrogens is 736 g/mol. The molecule has 0 amide bonds. The SMILES string of the molecule is C/C=C\c1c(C)c2cc[pH]c2n1-c1ccc(N(c2ccc(N3C/C=C\C=C/C(C)c4ccccc43)cc2)c2ccc(N3c4ccccc4C/C=C\C=C/C3C)cc2)cc1. The number of anilines is 7. The molecule has 0 N–H and O–H groups in total. The summed E-state index contributed by atoms with van der Waals surface area (Å²) in [5.41, 5.74) is 14.6. The Morgan fingerprint density at radius 2 is 1.27 bits per heavy atom. The molecule has 2 aliphatic heterocycles. The Labute approximate surface area is 351 Å². The molecule has 4 heterocycles. The van der Waals surface area contributed by atoms with Crippen LogP contribution in [0.2, 0.25) is 0 Å². The second-order valence-electron chi connectivity index (χ2n) is 15.5. The van der Waals surface area contributed by atoms with Crippen LogP contribution in [0.25, 0.3) is 22.4 Å². The summed E-state index contributed by atoms with van der Waals surface area (Å²) in [4.78, 5) is 7.27. The Hall–Kier alpha value is -6.48. The van der Waals surface area contributed by atoms with Crippen LogP contribution in [0.4, 0.5) is 39.8 Å². The smallest absolute Gasteiger partial charge is 0.0698 e. The van der Waals surface area contributed by atoms with Gasteiger partial charge in [-0.2, -0.15) is 0 Å². The van der Waals surface area contributed by atoms with E-state index in [2.05, 4.69) is 241 Å². The van der Waals surface area contributed by atoms with E-state index in [9.17, 15) is 0 Å². The number of benzene rings is 5. The summed E-state index contributed by atoms with van der Waals surface area (Å²) in [6.07, 6.45) is 23.0. The number of rotatable bonds is 7. The molecule has 0 aliphatic carbocycles. The molecule has 2 aromatic heterocycles. The number of aryl methyl sites for hydroxylation is 1. The molecule has 3 atom stereocenters. The maximum atomic E-state index is 2.46. The van der Waals surface area contributed by atoms with Gasteiger partial charge in [-0.3, -0.25) is 0 Å². The quantitative estimate of drug-likeness (QED) is 0.160. The lowest BCUT2D eigenvalue weighted by atomic mass is 9.98. The first-order chi connectivity index (χ1) is 29.0. The second-order valence-corrected chi connectivity index (χ2v) is 16.6. The van der Waals surface area contributed by atoms with E-state index in [0.717, 1.165) is 41.4 Å². The molecule has 7 aromatic rings. The number of hydrogen-bond donors (Lipinski definition) is 0. The average Bonchev–Trinajstić information content (AvgIpc) is 3.88. The normalized spacial score (nSPS) is 18.9. The Morgan fingerprint density at radius 3 is 2.00 bits per heavy atom. The van der Waals surface area contributed by atoms with Gasteiger partial charge in [0.2, 0.25) is 0 Å². The third-order valence-electron chi connectivity index (χ3n) is 11.8. The molecule has 4 nitrogen and oxygen atoms in total. The fourth-order valence-corrected chi connectivity index (χ4v) is 9.99. The summed E-state index contributed by atoms with van der Waals surface area (Å²) in [5, 5.41) is 2.75. The highest BCUT2D eigenvalue weighted by Gasteiger charge is 2.22. The molecular formula is C54H51N4P. The van der Waals surface area contributed by atoms with Gasteiger partial charge in [0, 0.05) is 75.1 Å². The van der Waals surface area contributed by atoms with E-state index < -0.39 is 0 Å². The zero-order chi connectivity index (χ0) is 40.3. The van der Waals surface area contributed by atoms with Gasteiger partial charge in [0.15, 0.2) is 0 Å². The highest BCUT2D eigenvalue weighted by Crippen LogP contribution is 2.42. The standard InChI is InChI=1S/C54H51N4P/c1-5-16-51-41(4)50-36-38-59-54(50)58(51)48-34-32-47(33-35-48)57(45-26-24-43(25-27-45)55-37-15-7-8-17-39(2)49-21-12-14-23-53(49)55)46-30-28-44(29-31-46)56-40(3)18-9-6-10-19-42-20-11-13-22-52(42)56/h5-18,20-36,38-40,59H,19,37H2,1-4H3/b10-6-,15-7-,16-5-,17-8-,18-9-. The Bertz CT molecular complexity index is 2720. The Kier molecular flexibility index (Phi) is 10.8. The van der Waals surface area contributed by atoms with Crippen molar-refractivity contribution in [2.75, 3.05) is 21.2 Å². The number of hydrogen-bond acceptors (Lipinski definition) is 3. The molecule has 0 fully saturated rings. The summed E-state index contributed by atoms with van der Waals surface area (Å²) in [6, 6.07) is 47.4. The van der Waals surface area contributed by atoms with Crippen molar-refractivity contribution in [3.8, 4) is 5.69 Å².